The van der Waals surface area contributed by atoms with Gasteiger partial charge < -0.3 is 10.6 Å². The van der Waals surface area contributed by atoms with Gasteiger partial charge in [0.2, 0.25) is 5.91 Å². The number of benzene rings is 1. The molecule has 1 heterocycles. The van der Waals surface area contributed by atoms with E-state index in [-0.39, 0.29) is 11.8 Å². The zero-order valence-electron chi connectivity index (χ0n) is 13.9. The molecule has 0 aromatic heterocycles. The van der Waals surface area contributed by atoms with Gasteiger partial charge in [0.1, 0.15) is 0 Å². The molecule has 0 bridgehead atoms. The van der Waals surface area contributed by atoms with E-state index in [9.17, 15) is 9.59 Å². The summed E-state index contributed by atoms with van der Waals surface area (Å²) in [6.07, 6.45) is 8.13. The van der Waals surface area contributed by atoms with Crippen molar-refractivity contribution in [3.8, 4) is 0 Å². The van der Waals surface area contributed by atoms with Gasteiger partial charge >= 0.3 is 0 Å². The molecule has 1 aromatic rings. The maximum atomic E-state index is 12.3. The average molecular weight is 312 g/mol. The number of hydrogen-bond donors (Lipinski definition) is 2. The van der Waals surface area contributed by atoms with Crippen LogP contribution in [0, 0.1) is 0 Å². The molecular weight excluding hydrogens is 288 g/mol. The van der Waals surface area contributed by atoms with Crippen molar-refractivity contribution in [1.82, 2.24) is 5.32 Å². The second-order valence-corrected chi connectivity index (χ2v) is 6.95. The van der Waals surface area contributed by atoms with Gasteiger partial charge in [0.05, 0.1) is 5.41 Å². The minimum Gasteiger partial charge on any atom is -0.352 e. The Morgan fingerprint density at radius 1 is 1.30 bits per heavy atom. The molecule has 2 amide bonds. The van der Waals surface area contributed by atoms with Gasteiger partial charge in [0, 0.05) is 17.8 Å². The SMILES string of the molecule is CC1(C)C(=O)Nc2ccc(C(=O)NCCC3=CCCCC3)cc21. The molecule has 0 fully saturated rings. The third-order valence-corrected chi connectivity index (χ3v) is 4.89. The summed E-state index contributed by atoms with van der Waals surface area (Å²) < 4.78 is 0. The van der Waals surface area contributed by atoms with Crippen molar-refractivity contribution in [1.29, 1.82) is 0 Å². The Morgan fingerprint density at radius 2 is 2.13 bits per heavy atom. The fourth-order valence-corrected chi connectivity index (χ4v) is 3.28. The third kappa shape index (κ3) is 3.16. The zero-order valence-corrected chi connectivity index (χ0v) is 13.9. The van der Waals surface area contributed by atoms with Crippen molar-refractivity contribution in [2.24, 2.45) is 0 Å². The van der Waals surface area contributed by atoms with Crippen LogP contribution >= 0.6 is 0 Å². The molecule has 2 N–H and O–H groups in total. The summed E-state index contributed by atoms with van der Waals surface area (Å²) >= 11 is 0. The molecule has 1 aromatic carbocycles. The molecule has 23 heavy (non-hydrogen) atoms. The lowest BCUT2D eigenvalue weighted by atomic mass is 9.85. The number of hydrogen-bond acceptors (Lipinski definition) is 2. The Bertz CT molecular complexity index is 674. The Morgan fingerprint density at radius 3 is 2.87 bits per heavy atom. The maximum absolute atomic E-state index is 12.3. The lowest BCUT2D eigenvalue weighted by Crippen LogP contribution is -2.28. The first-order valence-electron chi connectivity index (χ1n) is 8.40. The number of amides is 2. The van der Waals surface area contributed by atoms with Gasteiger partial charge in [0.15, 0.2) is 0 Å². The fourth-order valence-electron chi connectivity index (χ4n) is 3.28. The van der Waals surface area contributed by atoms with E-state index in [4.69, 9.17) is 0 Å². The van der Waals surface area contributed by atoms with Crippen LogP contribution in [0.15, 0.2) is 29.8 Å². The summed E-state index contributed by atoms with van der Waals surface area (Å²) in [5.74, 6) is -0.0892. The number of rotatable bonds is 4. The van der Waals surface area contributed by atoms with E-state index >= 15 is 0 Å². The predicted molar refractivity (Wildman–Crippen MR) is 91.6 cm³/mol. The van der Waals surface area contributed by atoms with E-state index in [1.165, 1.54) is 24.8 Å². The number of fused-ring (bicyclic) bond motifs is 1. The lowest BCUT2D eigenvalue weighted by Gasteiger charge is -2.16. The Hall–Kier alpha value is -2.10. The molecule has 4 nitrogen and oxygen atoms in total. The van der Waals surface area contributed by atoms with Gasteiger partial charge in [-0.25, -0.2) is 0 Å². The highest BCUT2D eigenvalue weighted by molar-refractivity contribution is 6.07. The quantitative estimate of drug-likeness (QED) is 0.836. The highest BCUT2D eigenvalue weighted by atomic mass is 16.2. The van der Waals surface area contributed by atoms with E-state index in [2.05, 4.69) is 16.7 Å². The number of carbonyl (C=O) groups is 2. The standard InChI is InChI=1S/C19H24N2O2/c1-19(2)15-12-14(8-9-16(15)21-18(19)23)17(22)20-11-10-13-6-4-3-5-7-13/h6,8-9,12H,3-5,7,10-11H2,1-2H3,(H,20,22)(H,21,23). The summed E-state index contributed by atoms with van der Waals surface area (Å²) in [6, 6.07) is 5.43. The van der Waals surface area contributed by atoms with Gasteiger partial charge in [0.25, 0.3) is 5.91 Å². The Balaban J connectivity index is 1.63. The molecule has 0 unspecified atom stereocenters. The molecule has 3 rings (SSSR count). The van der Waals surface area contributed by atoms with Crippen molar-refractivity contribution in [2.45, 2.75) is 51.4 Å². The van der Waals surface area contributed by atoms with Gasteiger partial charge in [-0.05, 0) is 69.7 Å². The van der Waals surface area contributed by atoms with Crippen molar-refractivity contribution >= 4 is 17.5 Å². The van der Waals surface area contributed by atoms with E-state index in [1.54, 1.807) is 6.07 Å². The van der Waals surface area contributed by atoms with Crippen LogP contribution in [-0.2, 0) is 10.2 Å². The molecule has 2 aliphatic rings. The first-order chi connectivity index (χ1) is 11.0. The summed E-state index contributed by atoms with van der Waals surface area (Å²) in [4.78, 5) is 24.3. The second-order valence-electron chi connectivity index (χ2n) is 6.95. The first kappa shape index (κ1) is 15.8. The Kier molecular flexibility index (Phi) is 4.24. The summed E-state index contributed by atoms with van der Waals surface area (Å²) in [6.45, 7) is 4.43. The van der Waals surface area contributed by atoms with Crippen LogP contribution in [-0.4, -0.2) is 18.4 Å². The van der Waals surface area contributed by atoms with E-state index < -0.39 is 5.41 Å². The third-order valence-electron chi connectivity index (χ3n) is 4.89. The van der Waals surface area contributed by atoms with Gasteiger partial charge in [-0.2, -0.15) is 0 Å². The minimum absolute atomic E-state index is 0.0192. The number of anilines is 1. The van der Waals surface area contributed by atoms with Crippen LogP contribution in [0.2, 0.25) is 0 Å². The first-order valence-corrected chi connectivity index (χ1v) is 8.40. The van der Waals surface area contributed by atoms with Crippen LogP contribution in [0.3, 0.4) is 0 Å². The summed E-state index contributed by atoms with van der Waals surface area (Å²) in [5.41, 5.74) is 3.19. The number of carbonyl (C=O) groups excluding carboxylic acids is 2. The summed E-state index contributed by atoms with van der Waals surface area (Å²) in [5, 5.41) is 5.85. The van der Waals surface area contributed by atoms with Crippen LogP contribution < -0.4 is 10.6 Å². The largest absolute Gasteiger partial charge is 0.352 e. The van der Waals surface area contributed by atoms with Crippen LogP contribution in [0.1, 0.15) is 61.9 Å². The number of allylic oxidation sites excluding steroid dienone is 1. The highest BCUT2D eigenvalue weighted by Gasteiger charge is 2.38. The van der Waals surface area contributed by atoms with E-state index in [0.29, 0.717) is 12.1 Å². The van der Waals surface area contributed by atoms with Gasteiger partial charge in [-0.15, -0.1) is 0 Å². The molecule has 0 atom stereocenters. The van der Waals surface area contributed by atoms with Gasteiger partial charge in [-0.1, -0.05) is 11.6 Å². The predicted octanol–water partition coefficient (Wildman–Crippen LogP) is 3.54. The fraction of sp³-hybridized carbons (Fsp3) is 0.474. The van der Waals surface area contributed by atoms with Crippen molar-refractivity contribution < 1.29 is 9.59 Å². The smallest absolute Gasteiger partial charge is 0.251 e. The normalized spacial score (nSPS) is 18.9. The zero-order chi connectivity index (χ0) is 16.4. The van der Waals surface area contributed by atoms with Crippen LogP contribution in [0.4, 0.5) is 5.69 Å². The molecule has 1 aliphatic carbocycles. The monoisotopic (exact) mass is 312 g/mol. The minimum atomic E-state index is -0.585. The second kappa shape index (κ2) is 6.19. The van der Waals surface area contributed by atoms with Crippen molar-refractivity contribution in [3.63, 3.8) is 0 Å². The molecule has 0 radical (unpaired) electrons. The Labute approximate surface area is 137 Å². The molecule has 0 saturated carbocycles. The highest BCUT2D eigenvalue weighted by Crippen LogP contribution is 2.37. The number of nitrogens with one attached hydrogen (secondary N) is 2. The molecule has 0 spiro atoms. The molecule has 4 heteroatoms. The maximum Gasteiger partial charge on any atom is 0.251 e. The molecule has 0 saturated heterocycles. The molecule has 122 valence electrons. The van der Waals surface area contributed by atoms with Crippen LogP contribution in [0.5, 0.6) is 0 Å². The van der Waals surface area contributed by atoms with E-state index in [1.807, 2.05) is 26.0 Å². The lowest BCUT2D eigenvalue weighted by molar-refractivity contribution is -0.119. The molecular formula is C19H24N2O2. The topological polar surface area (TPSA) is 58.2 Å². The van der Waals surface area contributed by atoms with Crippen molar-refractivity contribution in [2.75, 3.05) is 11.9 Å². The van der Waals surface area contributed by atoms with Crippen LogP contribution in [0.25, 0.3) is 0 Å². The van der Waals surface area contributed by atoms with Crippen molar-refractivity contribution in [3.05, 3.63) is 41.0 Å². The average Bonchev–Trinajstić information content (AvgIpc) is 2.77. The van der Waals surface area contributed by atoms with Gasteiger partial charge in [-0.3, -0.25) is 9.59 Å². The summed E-state index contributed by atoms with van der Waals surface area (Å²) in [7, 11) is 0. The molecule has 1 aliphatic heterocycles. The van der Waals surface area contributed by atoms with E-state index in [0.717, 1.165) is 24.1 Å².